The fraction of sp³-hybridized carbons (Fsp3) is 0.200. The highest BCUT2D eigenvalue weighted by molar-refractivity contribution is 6.42. The Morgan fingerprint density at radius 3 is 2.60 bits per heavy atom. The van der Waals surface area contributed by atoms with Crippen LogP contribution in [0.15, 0.2) is 18.2 Å². The minimum absolute atomic E-state index is 0.242. The zero-order valence-corrected chi connectivity index (χ0v) is 9.09. The monoisotopic (exact) mass is 243 g/mol. The Kier molecular flexibility index (Phi) is 3.96. The van der Waals surface area contributed by atoms with Crippen molar-refractivity contribution in [3.63, 3.8) is 0 Å². The molecule has 0 aliphatic rings. The molecule has 1 N–H and O–H groups in total. The molecule has 0 aliphatic carbocycles. The number of hydrogen-bond donors (Lipinski definition) is 1. The van der Waals surface area contributed by atoms with Crippen LogP contribution in [0.5, 0.6) is 0 Å². The maximum Gasteiger partial charge on any atom is 0.305 e. The normalized spacial score (nSPS) is 11.8. The van der Waals surface area contributed by atoms with Crippen molar-refractivity contribution in [2.45, 2.75) is 12.3 Å². The Labute approximate surface area is 96.8 Å². The van der Waals surface area contributed by atoms with Crippen molar-refractivity contribution in [3.8, 4) is 6.07 Å². The van der Waals surface area contributed by atoms with Crippen LogP contribution in [0.3, 0.4) is 0 Å². The summed E-state index contributed by atoms with van der Waals surface area (Å²) < 4.78 is 0. The SMILES string of the molecule is N#C[C@@H](CC(=O)O)c1ccc(Cl)c(Cl)c1. The largest absolute Gasteiger partial charge is 0.481 e. The summed E-state index contributed by atoms with van der Waals surface area (Å²) in [5, 5.41) is 18.1. The van der Waals surface area contributed by atoms with Crippen LogP contribution in [0.1, 0.15) is 17.9 Å². The van der Waals surface area contributed by atoms with Crippen LogP contribution in [-0.2, 0) is 4.79 Å². The average Bonchev–Trinajstić information content (AvgIpc) is 2.18. The van der Waals surface area contributed by atoms with Crippen molar-refractivity contribution >= 4 is 29.2 Å². The molecule has 0 spiro atoms. The van der Waals surface area contributed by atoms with Gasteiger partial charge in [0.05, 0.1) is 28.5 Å². The van der Waals surface area contributed by atoms with E-state index in [1.165, 1.54) is 6.07 Å². The van der Waals surface area contributed by atoms with Gasteiger partial charge < -0.3 is 5.11 Å². The van der Waals surface area contributed by atoms with Gasteiger partial charge in [-0.2, -0.15) is 5.26 Å². The maximum absolute atomic E-state index is 10.5. The number of aliphatic carboxylic acids is 1. The van der Waals surface area contributed by atoms with Crippen molar-refractivity contribution in [1.82, 2.24) is 0 Å². The van der Waals surface area contributed by atoms with Crippen LogP contribution in [0.2, 0.25) is 10.0 Å². The molecular formula is C10H7Cl2NO2. The fourth-order valence-corrected chi connectivity index (χ4v) is 1.45. The minimum atomic E-state index is -1.02. The molecule has 15 heavy (non-hydrogen) atoms. The van der Waals surface area contributed by atoms with Gasteiger partial charge in [0.15, 0.2) is 0 Å². The summed E-state index contributed by atoms with van der Waals surface area (Å²) >= 11 is 11.5. The van der Waals surface area contributed by atoms with Gasteiger partial charge >= 0.3 is 5.97 Å². The Hall–Kier alpha value is -1.24. The molecule has 0 aliphatic heterocycles. The molecular weight excluding hydrogens is 237 g/mol. The molecule has 1 aromatic rings. The molecule has 1 aromatic carbocycles. The topological polar surface area (TPSA) is 61.1 Å². The average molecular weight is 244 g/mol. The first-order valence-corrected chi connectivity index (χ1v) is 4.86. The number of halogens is 2. The first-order valence-electron chi connectivity index (χ1n) is 4.11. The second kappa shape index (κ2) is 5.01. The molecule has 0 fully saturated rings. The molecule has 1 rings (SSSR count). The van der Waals surface area contributed by atoms with E-state index in [1.54, 1.807) is 12.1 Å². The van der Waals surface area contributed by atoms with Crippen LogP contribution in [0.4, 0.5) is 0 Å². The molecule has 0 heterocycles. The smallest absolute Gasteiger partial charge is 0.305 e. The van der Waals surface area contributed by atoms with E-state index in [2.05, 4.69) is 0 Å². The lowest BCUT2D eigenvalue weighted by atomic mass is 9.97. The predicted octanol–water partition coefficient (Wildman–Crippen LogP) is 3.08. The fourth-order valence-electron chi connectivity index (χ4n) is 1.14. The number of nitrogens with zero attached hydrogens (tertiary/aromatic N) is 1. The third-order valence-corrected chi connectivity index (χ3v) is 2.62. The number of carboxylic acid groups (broad SMARTS) is 1. The van der Waals surface area contributed by atoms with E-state index in [1.807, 2.05) is 6.07 Å². The second-order valence-corrected chi connectivity index (χ2v) is 3.77. The predicted molar refractivity (Wildman–Crippen MR) is 57.1 cm³/mol. The maximum atomic E-state index is 10.5. The lowest BCUT2D eigenvalue weighted by Crippen LogP contribution is -2.04. The van der Waals surface area contributed by atoms with Gasteiger partial charge in [0.25, 0.3) is 0 Å². The van der Waals surface area contributed by atoms with E-state index in [9.17, 15) is 4.79 Å². The van der Waals surface area contributed by atoms with Gasteiger partial charge in [-0.05, 0) is 17.7 Å². The van der Waals surface area contributed by atoms with Gasteiger partial charge in [0.1, 0.15) is 0 Å². The summed E-state index contributed by atoms with van der Waals surface area (Å²) in [5.41, 5.74) is 0.564. The number of hydrogen-bond acceptors (Lipinski definition) is 2. The van der Waals surface area contributed by atoms with E-state index in [0.29, 0.717) is 15.6 Å². The van der Waals surface area contributed by atoms with Crippen LogP contribution in [-0.4, -0.2) is 11.1 Å². The Morgan fingerprint density at radius 2 is 2.13 bits per heavy atom. The van der Waals surface area contributed by atoms with Gasteiger partial charge in [0.2, 0.25) is 0 Å². The molecule has 5 heteroatoms. The lowest BCUT2D eigenvalue weighted by molar-refractivity contribution is -0.137. The van der Waals surface area contributed by atoms with Crippen molar-refractivity contribution in [2.75, 3.05) is 0 Å². The molecule has 0 saturated heterocycles. The summed E-state index contributed by atoms with van der Waals surface area (Å²) in [6.07, 6.45) is -0.242. The van der Waals surface area contributed by atoms with Gasteiger partial charge in [-0.3, -0.25) is 4.79 Å². The van der Waals surface area contributed by atoms with E-state index in [4.69, 9.17) is 33.6 Å². The zero-order chi connectivity index (χ0) is 11.4. The van der Waals surface area contributed by atoms with Crippen LogP contribution in [0.25, 0.3) is 0 Å². The Bertz CT molecular complexity index is 426. The van der Waals surface area contributed by atoms with E-state index in [-0.39, 0.29) is 6.42 Å². The molecule has 1 atom stereocenters. The van der Waals surface area contributed by atoms with Crippen molar-refractivity contribution < 1.29 is 9.90 Å². The summed E-state index contributed by atoms with van der Waals surface area (Å²) in [7, 11) is 0. The highest BCUT2D eigenvalue weighted by atomic mass is 35.5. The number of carboxylic acids is 1. The first-order chi connectivity index (χ1) is 7.04. The summed E-state index contributed by atoms with van der Waals surface area (Å²) in [5.74, 6) is -1.72. The van der Waals surface area contributed by atoms with Crippen LogP contribution < -0.4 is 0 Å². The molecule has 0 bridgehead atoms. The molecule has 3 nitrogen and oxygen atoms in total. The number of carbonyl (C=O) groups is 1. The van der Waals surface area contributed by atoms with Gasteiger partial charge in [-0.1, -0.05) is 29.3 Å². The second-order valence-electron chi connectivity index (χ2n) is 2.95. The molecule has 78 valence electrons. The van der Waals surface area contributed by atoms with Gasteiger partial charge in [0, 0.05) is 0 Å². The zero-order valence-electron chi connectivity index (χ0n) is 7.58. The standard InChI is InChI=1S/C10H7Cl2NO2/c11-8-2-1-6(3-9(8)12)7(5-13)4-10(14)15/h1-3,7H,4H2,(H,14,15)/t7-/m1/s1. The number of benzene rings is 1. The summed E-state index contributed by atoms with van der Waals surface area (Å²) in [6, 6.07) is 6.58. The van der Waals surface area contributed by atoms with Crippen molar-refractivity contribution in [3.05, 3.63) is 33.8 Å². The lowest BCUT2D eigenvalue weighted by Gasteiger charge is -2.07. The minimum Gasteiger partial charge on any atom is -0.481 e. The van der Waals surface area contributed by atoms with Crippen molar-refractivity contribution in [2.24, 2.45) is 0 Å². The van der Waals surface area contributed by atoms with Gasteiger partial charge in [-0.15, -0.1) is 0 Å². The summed E-state index contributed by atoms with van der Waals surface area (Å²) in [6.45, 7) is 0. The van der Waals surface area contributed by atoms with Gasteiger partial charge in [-0.25, -0.2) is 0 Å². The first kappa shape index (κ1) is 11.8. The molecule has 0 saturated carbocycles. The summed E-state index contributed by atoms with van der Waals surface area (Å²) in [4.78, 5) is 10.5. The van der Waals surface area contributed by atoms with E-state index >= 15 is 0 Å². The quantitative estimate of drug-likeness (QED) is 0.888. The number of rotatable bonds is 3. The van der Waals surface area contributed by atoms with Crippen molar-refractivity contribution in [1.29, 1.82) is 5.26 Å². The van der Waals surface area contributed by atoms with Crippen LogP contribution in [0, 0.1) is 11.3 Å². The van der Waals surface area contributed by atoms with Crippen LogP contribution >= 0.6 is 23.2 Å². The Balaban J connectivity index is 2.98. The highest BCUT2D eigenvalue weighted by Crippen LogP contribution is 2.27. The van der Waals surface area contributed by atoms with E-state index < -0.39 is 11.9 Å². The Morgan fingerprint density at radius 1 is 1.47 bits per heavy atom. The number of nitriles is 1. The molecule has 0 amide bonds. The molecule has 0 aromatic heterocycles. The third-order valence-electron chi connectivity index (χ3n) is 1.88. The molecule has 0 radical (unpaired) electrons. The van der Waals surface area contributed by atoms with E-state index in [0.717, 1.165) is 0 Å². The molecule has 0 unspecified atom stereocenters. The third kappa shape index (κ3) is 3.12. The highest BCUT2D eigenvalue weighted by Gasteiger charge is 2.15.